The molecule has 0 aromatic rings. The lowest BCUT2D eigenvalue weighted by Gasteiger charge is -2.30. The summed E-state index contributed by atoms with van der Waals surface area (Å²) < 4.78 is 0. The third-order valence-corrected chi connectivity index (χ3v) is 3.51. The maximum Gasteiger partial charge on any atom is 0.326 e. The van der Waals surface area contributed by atoms with E-state index in [9.17, 15) is 14.7 Å². The normalized spacial score (nSPS) is 27.3. The Hall–Kier alpha value is -1.30. The third-order valence-electron chi connectivity index (χ3n) is 3.51. The highest BCUT2D eigenvalue weighted by molar-refractivity contribution is 5.83. The molecule has 6 heteroatoms. The highest BCUT2D eigenvalue weighted by atomic mass is 16.4. The summed E-state index contributed by atoms with van der Waals surface area (Å²) in [6.45, 7) is 2.78. The molecule has 1 saturated carbocycles. The predicted octanol–water partition coefficient (Wildman–Crippen LogP) is 0.501. The first-order chi connectivity index (χ1) is 8.54. The number of aliphatic hydroxyl groups excluding tert-OH is 1. The minimum atomic E-state index is -1.04. The monoisotopic (exact) mass is 256 g/mol. The SMILES string of the molecule is CCCN(C(=O)N1C[C@H](O)C[C@H]1C(=O)O)C1CC1. The van der Waals surface area contributed by atoms with Crippen molar-refractivity contribution >= 4 is 12.0 Å². The minimum Gasteiger partial charge on any atom is -0.480 e. The first-order valence-electron chi connectivity index (χ1n) is 6.52. The maximum absolute atomic E-state index is 12.4. The average molecular weight is 256 g/mol. The van der Waals surface area contributed by atoms with Gasteiger partial charge in [-0.2, -0.15) is 0 Å². The highest BCUT2D eigenvalue weighted by Gasteiger charge is 2.43. The molecule has 2 rings (SSSR count). The Bertz CT molecular complexity index is 343. The van der Waals surface area contributed by atoms with E-state index in [1.165, 1.54) is 4.90 Å². The molecule has 6 nitrogen and oxygen atoms in total. The molecule has 2 atom stereocenters. The van der Waals surface area contributed by atoms with Gasteiger partial charge in [-0.15, -0.1) is 0 Å². The van der Waals surface area contributed by atoms with E-state index in [-0.39, 0.29) is 25.0 Å². The molecule has 0 unspecified atom stereocenters. The van der Waals surface area contributed by atoms with Crippen LogP contribution in [0.15, 0.2) is 0 Å². The number of nitrogens with zero attached hydrogens (tertiary/aromatic N) is 2. The average Bonchev–Trinajstić information content (AvgIpc) is 3.07. The van der Waals surface area contributed by atoms with E-state index in [4.69, 9.17) is 5.11 Å². The zero-order chi connectivity index (χ0) is 13.3. The zero-order valence-electron chi connectivity index (χ0n) is 10.6. The van der Waals surface area contributed by atoms with Crippen LogP contribution in [-0.2, 0) is 4.79 Å². The van der Waals surface area contributed by atoms with E-state index in [1.54, 1.807) is 4.90 Å². The van der Waals surface area contributed by atoms with Crippen LogP contribution < -0.4 is 0 Å². The molecule has 2 amide bonds. The van der Waals surface area contributed by atoms with E-state index in [0.29, 0.717) is 6.54 Å². The zero-order valence-corrected chi connectivity index (χ0v) is 10.6. The Labute approximate surface area is 106 Å². The van der Waals surface area contributed by atoms with Crippen LogP contribution >= 0.6 is 0 Å². The number of likely N-dealkylation sites (tertiary alicyclic amines) is 1. The van der Waals surface area contributed by atoms with Gasteiger partial charge < -0.3 is 20.0 Å². The first kappa shape index (κ1) is 13.1. The smallest absolute Gasteiger partial charge is 0.326 e. The molecule has 0 bridgehead atoms. The molecule has 1 saturated heterocycles. The van der Waals surface area contributed by atoms with Crippen LogP contribution in [0.4, 0.5) is 4.79 Å². The van der Waals surface area contributed by atoms with E-state index >= 15 is 0 Å². The topological polar surface area (TPSA) is 81.1 Å². The van der Waals surface area contributed by atoms with Crippen molar-refractivity contribution < 1.29 is 19.8 Å². The standard InChI is InChI=1S/C12H20N2O4/c1-2-5-13(8-3-4-8)12(18)14-7-9(15)6-10(14)11(16)17/h8-10,15H,2-7H2,1H3,(H,16,17)/t9-,10+/m1/s1. The van der Waals surface area contributed by atoms with Gasteiger partial charge in [0.05, 0.1) is 6.10 Å². The number of urea groups is 1. The van der Waals surface area contributed by atoms with E-state index < -0.39 is 18.1 Å². The Morgan fingerprint density at radius 1 is 1.39 bits per heavy atom. The lowest BCUT2D eigenvalue weighted by Crippen LogP contribution is -2.49. The molecule has 0 aromatic carbocycles. The highest BCUT2D eigenvalue weighted by Crippen LogP contribution is 2.30. The summed E-state index contributed by atoms with van der Waals surface area (Å²) in [7, 11) is 0. The molecule has 0 aromatic heterocycles. The van der Waals surface area contributed by atoms with Crippen LogP contribution in [0, 0.1) is 0 Å². The van der Waals surface area contributed by atoms with E-state index in [0.717, 1.165) is 19.3 Å². The molecule has 2 fully saturated rings. The second-order valence-electron chi connectivity index (χ2n) is 5.10. The number of carboxylic acids is 1. The first-order valence-corrected chi connectivity index (χ1v) is 6.52. The summed E-state index contributed by atoms with van der Waals surface area (Å²) in [6, 6.07) is -0.849. The Morgan fingerprint density at radius 2 is 2.06 bits per heavy atom. The number of aliphatic hydroxyl groups is 1. The Kier molecular flexibility index (Phi) is 3.75. The molecular formula is C12H20N2O4. The fourth-order valence-electron chi connectivity index (χ4n) is 2.49. The third kappa shape index (κ3) is 2.58. The van der Waals surface area contributed by atoms with Gasteiger partial charge in [-0.1, -0.05) is 6.92 Å². The van der Waals surface area contributed by atoms with Crippen LogP contribution in [-0.4, -0.2) is 63.3 Å². The van der Waals surface area contributed by atoms with Gasteiger partial charge in [-0.05, 0) is 19.3 Å². The summed E-state index contributed by atoms with van der Waals surface area (Å²) in [5.74, 6) is -1.04. The summed E-state index contributed by atoms with van der Waals surface area (Å²) in [6.07, 6.45) is 2.26. The number of β-amino-alcohol motifs (C(OH)–C–C–N with tert-alkyl or cyclic N) is 1. The van der Waals surface area contributed by atoms with Crippen LogP contribution in [0.5, 0.6) is 0 Å². The number of carbonyl (C=O) groups is 2. The van der Waals surface area contributed by atoms with Crippen LogP contribution in [0.3, 0.4) is 0 Å². The number of rotatable bonds is 4. The van der Waals surface area contributed by atoms with Crippen molar-refractivity contribution in [3.63, 3.8) is 0 Å². The fraction of sp³-hybridized carbons (Fsp3) is 0.833. The molecule has 2 aliphatic rings. The Balaban J connectivity index is 2.08. The van der Waals surface area contributed by atoms with Crippen molar-refractivity contribution in [1.29, 1.82) is 0 Å². The number of amides is 2. The van der Waals surface area contributed by atoms with Gasteiger partial charge in [0.15, 0.2) is 0 Å². The second kappa shape index (κ2) is 5.14. The molecule has 0 radical (unpaired) electrons. The van der Waals surface area contributed by atoms with Crippen molar-refractivity contribution in [2.75, 3.05) is 13.1 Å². The number of hydrogen-bond acceptors (Lipinski definition) is 3. The van der Waals surface area contributed by atoms with Crippen molar-refractivity contribution in [2.24, 2.45) is 0 Å². The number of carboxylic acid groups (broad SMARTS) is 1. The van der Waals surface area contributed by atoms with Gasteiger partial charge in [-0.3, -0.25) is 0 Å². The van der Waals surface area contributed by atoms with Crippen molar-refractivity contribution in [3.8, 4) is 0 Å². The van der Waals surface area contributed by atoms with Crippen molar-refractivity contribution in [2.45, 2.75) is 50.8 Å². The van der Waals surface area contributed by atoms with Crippen LogP contribution in [0.25, 0.3) is 0 Å². The molecule has 1 heterocycles. The maximum atomic E-state index is 12.4. The summed E-state index contributed by atoms with van der Waals surface area (Å²) >= 11 is 0. The lowest BCUT2D eigenvalue weighted by molar-refractivity contribution is -0.141. The van der Waals surface area contributed by atoms with Crippen molar-refractivity contribution in [3.05, 3.63) is 0 Å². The van der Waals surface area contributed by atoms with E-state index in [2.05, 4.69) is 0 Å². The van der Waals surface area contributed by atoms with Crippen LogP contribution in [0.1, 0.15) is 32.6 Å². The van der Waals surface area contributed by atoms with E-state index in [1.807, 2.05) is 6.92 Å². The Morgan fingerprint density at radius 3 is 2.56 bits per heavy atom. The van der Waals surface area contributed by atoms with Gasteiger partial charge in [0.25, 0.3) is 0 Å². The lowest BCUT2D eigenvalue weighted by atomic mass is 10.2. The van der Waals surface area contributed by atoms with Gasteiger partial charge in [0.2, 0.25) is 0 Å². The minimum absolute atomic E-state index is 0.128. The molecule has 2 N–H and O–H groups in total. The number of hydrogen-bond donors (Lipinski definition) is 2. The summed E-state index contributed by atoms with van der Waals surface area (Å²) in [4.78, 5) is 26.5. The van der Waals surface area contributed by atoms with Crippen LogP contribution in [0.2, 0.25) is 0 Å². The van der Waals surface area contributed by atoms with Gasteiger partial charge >= 0.3 is 12.0 Å². The number of carbonyl (C=O) groups excluding carboxylic acids is 1. The molecule has 102 valence electrons. The van der Waals surface area contributed by atoms with Gasteiger partial charge in [0.1, 0.15) is 6.04 Å². The fourth-order valence-corrected chi connectivity index (χ4v) is 2.49. The molecule has 18 heavy (non-hydrogen) atoms. The quantitative estimate of drug-likeness (QED) is 0.767. The van der Waals surface area contributed by atoms with Gasteiger partial charge in [-0.25, -0.2) is 9.59 Å². The summed E-state index contributed by atoms with van der Waals surface area (Å²) in [5.41, 5.74) is 0. The van der Waals surface area contributed by atoms with Gasteiger partial charge in [0, 0.05) is 25.6 Å². The number of aliphatic carboxylic acids is 1. The molecule has 1 aliphatic heterocycles. The second-order valence-corrected chi connectivity index (χ2v) is 5.10. The molecule has 1 aliphatic carbocycles. The summed E-state index contributed by atoms with van der Waals surface area (Å²) in [5, 5.41) is 18.7. The predicted molar refractivity (Wildman–Crippen MR) is 64.2 cm³/mol. The molecule has 0 spiro atoms. The van der Waals surface area contributed by atoms with Crippen molar-refractivity contribution in [1.82, 2.24) is 9.80 Å². The molecular weight excluding hydrogens is 236 g/mol. The largest absolute Gasteiger partial charge is 0.480 e.